The van der Waals surface area contributed by atoms with Crippen LogP contribution in [-0.2, 0) is 6.54 Å². The molecule has 118 valence electrons. The number of fused-ring (bicyclic) bond motifs is 1. The first-order valence-electron chi connectivity index (χ1n) is 7.65. The van der Waals surface area contributed by atoms with Gasteiger partial charge < -0.3 is 5.32 Å². The summed E-state index contributed by atoms with van der Waals surface area (Å²) in [6.07, 6.45) is 5.38. The number of pyridine rings is 1. The number of rotatable bonds is 4. The van der Waals surface area contributed by atoms with Crippen LogP contribution in [0.5, 0.6) is 0 Å². The van der Waals surface area contributed by atoms with Gasteiger partial charge in [0.15, 0.2) is 0 Å². The third-order valence-electron chi connectivity index (χ3n) is 3.99. The molecule has 4 nitrogen and oxygen atoms in total. The van der Waals surface area contributed by atoms with Gasteiger partial charge in [-0.2, -0.15) is 5.10 Å². The Kier molecular flexibility index (Phi) is 3.67. The molecule has 0 aliphatic heterocycles. The minimum Gasteiger partial charge on any atom is -0.381 e. The van der Waals surface area contributed by atoms with Gasteiger partial charge in [0.25, 0.3) is 0 Å². The van der Waals surface area contributed by atoms with E-state index in [1.54, 1.807) is 24.5 Å². The molecule has 4 aromatic rings. The van der Waals surface area contributed by atoms with E-state index in [0.29, 0.717) is 6.54 Å². The van der Waals surface area contributed by atoms with Crippen LogP contribution in [0, 0.1) is 5.82 Å². The van der Waals surface area contributed by atoms with Crippen LogP contribution in [0.25, 0.3) is 22.0 Å². The van der Waals surface area contributed by atoms with Crippen LogP contribution in [-0.4, -0.2) is 15.2 Å². The van der Waals surface area contributed by atoms with Crippen LogP contribution in [0.4, 0.5) is 10.1 Å². The number of halogens is 1. The summed E-state index contributed by atoms with van der Waals surface area (Å²) in [6, 6.07) is 14.5. The predicted molar refractivity (Wildman–Crippen MR) is 93.1 cm³/mol. The van der Waals surface area contributed by atoms with Crippen molar-refractivity contribution in [1.82, 2.24) is 15.2 Å². The Bertz CT molecular complexity index is 976. The fourth-order valence-corrected chi connectivity index (χ4v) is 2.72. The number of hydrogen-bond acceptors (Lipinski definition) is 3. The lowest BCUT2D eigenvalue weighted by Crippen LogP contribution is -2.01. The van der Waals surface area contributed by atoms with Crippen molar-refractivity contribution in [2.24, 2.45) is 0 Å². The first-order chi connectivity index (χ1) is 11.8. The van der Waals surface area contributed by atoms with E-state index in [1.165, 1.54) is 12.1 Å². The van der Waals surface area contributed by atoms with Crippen LogP contribution < -0.4 is 5.32 Å². The van der Waals surface area contributed by atoms with E-state index in [-0.39, 0.29) is 5.82 Å². The van der Waals surface area contributed by atoms with E-state index >= 15 is 0 Å². The van der Waals surface area contributed by atoms with Crippen molar-refractivity contribution < 1.29 is 4.39 Å². The number of nitrogens with zero attached hydrogens (tertiary/aromatic N) is 2. The molecule has 24 heavy (non-hydrogen) atoms. The molecule has 2 N–H and O–H groups in total. The Morgan fingerprint density at radius 1 is 1.00 bits per heavy atom. The van der Waals surface area contributed by atoms with Crippen LogP contribution >= 0.6 is 0 Å². The summed E-state index contributed by atoms with van der Waals surface area (Å²) in [5, 5.41) is 11.5. The maximum absolute atomic E-state index is 13.1. The van der Waals surface area contributed by atoms with Crippen molar-refractivity contribution in [3.05, 3.63) is 78.5 Å². The van der Waals surface area contributed by atoms with Crippen LogP contribution in [0.3, 0.4) is 0 Å². The van der Waals surface area contributed by atoms with E-state index < -0.39 is 0 Å². The molecular formula is C19H15FN4. The standard InChI is InChI=1S/C19H15FN4/c20-16-3-1-13(2-4-16)18-12-21-8-7-14(18)10-22-17-5-6-19-15(9-17)11-23-24-19/h1-9,11-12,22H,10H2,(H,23,24). The average molecular weight is 318 g/mol. The Labute approximate surface area is 138 Å². The van der Waals surface area contributed by atoms with Gasteiger partial charge in [-0.05, 0) is 47.5 Å². The topological polar surface area (TPSA) is 53.6 Å². The first-order valence-corrected chi connectivity index (χ1v) is 7.65. The molecule has 0 amide bonds. The van der Waals surface area contributed by atoms with Gasteiger partial charge in [0.1, 0.15) is 5.82 Å². The molecule has 4 rings (SSSR count). The summed E-state index contributed by atoms with van der Waals surface area (Å²) in [5.41, 5.74) is 5.08. The fraction of sp³-hybridized carbons (Fsp3) is 0.0526. The molecule has 0 aliphatic carbocycles. The molecule has 0 atom stereocenters. The van der Waals surface area contributed by atoms with Crippen molar-refractivity contribution in [3.8, 4) is 11.1 Å². The Hall–Kier alpha value is -3.21. The summed E-state index contributed by atoms with van der Waals surface area (Å²) < 4.78 is 13.1. The molecule has 0 fully saturated rings. The smallest absolute Gasteiger partial charge is 0.123 e. The van der Waals surface area contributed by atoms with Gasteiger partial charge in [-0.25, -0.2) is 4.39 Å². The van der Waals surface area contributed by atoms with Gasteiger partial charge in [0, 0.05) is 35.6 Å². The molecule has 2 aromatic heterocycles. The minimum absolute atomic E-state index is 0.240. The zero-order valence-corrected chi connectivity index (χ0v) is 12.8. The van der Waals surface area contributed by atoms with Gasteiger partial charge in [0.2, 0.25) is 0 Å². The third kappa shape index (κ3) is 2.84. The molecular weight excluding hydrogens is 303 g/mol. The van der Waals surface area contributed by atoms with E-state index in [4.69, 9.17) is 0 Å². The number of aromatic amines is 1. The summed E-state index contributed by atoms with van der Waals surface area (Å²) >= 11 is 0. The number of nitrogens with one attached hydrogen (secondary N) is 2. The minimum atomic E-state index is -0.240. The van der Waals surface area contributed by atoms with Crippen molar-refractivity contribution >= 4 is 16.6 Å². The Balaban J connectivity index is 1.59. The Morgan fingerprint density at radius 2 is 1.88 bits per heavy atom. The SMILES string of the molecule is Fc1ccc(-c2cnccc2CNc2ccc3[nH]ncc3c2)cc1. The maximum atomic E-state index is 13.1. The van der Waals surface area contributed by atoms with Crippen molar-refractivity contribution in [1.29, 1.82) is 0 Å². The monoisotopic (exact) mass is 318 g/mol. The quantitative estimate of drug-likeness (QED) is 0.587. The lowest BCUT2D eigenvalue weighted by Gasteiger charge is -2.11. The molecule has 0 saturated carbocycles. The first kappa shape index (κ1) is 14.4. The van der Waals surface area contributed by atoms with Crippen molar-refractivity contribution in [3.63, 3.8) is 0 Å². The lowest BCUT2D eigenvalue weighted by molar-refractivity contribution is 0.628. The molecule has 2 aromatic carbocycles. The number of anilines is 1. The number of hydrogen-bond donors (Lipinski definition) is 2. The summed E-state index contributed by atoms with van der Waals surface area (Å²) in [4.78, 5) is 4.20. The highest BCUT2D eigenvalue weighted by Crippen LogP contribution is 2.24. The van der Waals surface area contributed by atoms with Crippen molar-refractivity contribution in [2.45, 2.75) is 6.54 Å². The van der Waals surface area contributed by atoms with Gasteiger partial charge in [-0.3, -0.25) is 10.1 Å². The predicted octanol–water partition coefficient (Wildman–Crippen LogP) is 4.38. The van der Waals surface area contributed by atoms with Crippen molar-refractivity contribution in [2.75, 3.05) is 5.32 Å². The molecule has 0 bridgehead atoms. The highest BCUT2D eigenvalue weighted by Gasteiger charge is 2.06. The molecule has 2 heterocycles. The van der Waals surface area contributed by atoms with Gasteiger partial charge in [-0.1, -0.05) is 12.1 Å². The van der Waals surface area contributed by atoms with Gasteiger partial charge >= 0.3 is 0 Å². The summed E-state index contributed by atoms with van der Waals surface area (Å²) in [7, 11) is 0. The molecule has 0 radical (unpaired) electrons. The van der Waals surface area contributed by atoms with E-state index in [1.807, 2.05) is 24.4 Å². The zero-order valence-electron chi connectivity index (χ0n) is 12.8. The largest absolute Gasteiger partial charge is 0.381 e. The van der Waals surface area contributed by atoms with Gasteiger partial charge in [-0.15, -0.1) is 0 Å². The van der Waals surface area contributed by atoms with E-state index in [9.17, 15) is 4.39 Å². The highest BCUT2D eigenvalue weighted by molar-refractivity contribution is 5.81. The Morgan fingerprint density at radius 3 is 2.75 bits per heavy atom. The molecule has 0 saturated heterocycles. The van der Waals surface area contributed by atoms with Crippen LogP contribution in [0.15, 0.2) is 67.1 Å². The zero-order chi connectivity index (χ0) is 16.4. The molecule has 0 spiro atoms. The third-order valence-corrected chi connectivity index (χ3v) is 3.99. The number of H-pyrrole nitrogens is 1. The molecule has 5 heteroatoms. The fourth-order valence-electron chi connectivity index (χ4n) is 2.72. The second-order valence-corrected chi connectivity index (χ2v) is 5.57. The summed E-state index contributed by atoms with van der Waals surface area (Å²) in [6.45, 7) is 0.651. The highest BCUT2D eigenvalue weighted by atomic mass is 19.1. The van der Waals surface area contributed by atoms with Gasteiger partial charge in [0.05, 0.1) is 11.7 Å². The second kappa shape index (κ2) is 6.12. The van der Waals surface area contributed by atoms with E-state index in [0.717, 1.165) is 33.3 Å². The second-order valence-electron chi connectivity index (χ2n) is 5.57. The number of aromatic nitrogens is 3. The molecule has 0 aliphatic rings. The number of benzene rings is 2. The van der Waals surface area contributed by atoms with Crippen LogP contribution in [0.2, 0.25) is 0 Å². The van der Waals surface area contributed by atoms with E-state index in [2.05, 4.69) is 26.6 Å². The normalized spacial score (nSPS) is 10.9. The van der Waals surface area contributed by atoms with Crippen LogP contribution in [0.1, 0.15) is 5.56 Å². The lowest BCUT2D eigenvalue weighted by atomic mass is 10.0. The summed E-state index contributed by atoms with van der Waals surface area (Å²) in [5.74, 6) is -0.240. The maximum Gasteiger partial charge on any atom is 0.123 e. The average Bonchev–Trinajstić information content (AvgIpc) is 3.09. The molecule has 0 unspecified atom stereocenters.